The van der Waals surface area contributed by atoms with Crippen LogP contribution in [-0.4, -0.2) is 20.9 Å². The van der Waals surface area contributed by atoms with E-state index in [9.17, 15) is 4.79 Å². The van der Waals surface area contributed by atoms with Gasteiger partial charge < -0.3 is 5.11 Å². The zero-order valence-electron chi connectivity index (χ0n) is 7.31. The average molecular weight is 180 g/mol. The number of aliphatic carboxylic acids is 1. The Morgan fingerprint density at radius 1 is 1.77 bits per heavy atom. The van der Waals surface area contributed by atoms with Crippen LogP contribution in [0.5, 0.6) is 0 Å². The standard InChI is InChI=1S/C9H12N2O2/c12-9(13)5-7-1-2-8-3-4-10-11(8)6-7/h3-4,7H,1-2,5-6H2,(H,12,13). The molecule has 0 bridgehead atoms. The minimum atomic E-state index is -0.708. The van der Waals surface area contributed by atoms with E-state index in [1.807, 2.05) is 10.7 Å². The summed E-state index contributed by atoms with van der Waals surface area (Å²) in [4.78, 5) is 10.5. The maximum atomic E-state index is 10.5. The maximum absolute atomic E-state index is 10.5. The average Bonchev–Trinajstić information content (AvgIpc) is 2.49. The Bertz CT molecular complexity index is 319. The molecule has 70 valence electrons. The zero-order chi connectivity index (χ0) is 9.26. The Labute approximate surface area is 76.2 Å². The predicted molar refractivity (Wildman–Crippen MR) is 46.3 cm³/mol. The smallest absolute Gasteiger partial charge is 0.303 e. The minimum Gasteiger partial charge on any atom is -0.481 e. The summed E-state index contributed by atoms with van der Waals surface area (Å²) in [5.74, 6) is -0.453. The molecule has 4 heteroatoms. The highest BCUT2D eigenvalue weighted by molar-refractivity contribution is 5.67. The van der Waals surface area contributed by atoms with Gasteiger partial charge in [0.15, 0.2) is 0 Å². The molecule has 1 unspecified atom stereocenters. The molecule has 4 nitrogen and oxygen atoms in total. The van der Waals surface area contributed by atoms with Gasteiger partial charge in [0, 0.05) is 24.9 Å². The van der Waals surface area contributed by atoms with E-state index >= 15 is 0 Å². The fourth-order valence-electron chi connectivity index (χ4n) is 1.84. The number of carboxylic acid groups (broad SMARTS) is 1. The van der Waals surface area contributed by atoms with Gasteiger partial charge in [-0.05, 0) is 24.8 Å². The van der Waals surface area contributed by atoms with E-state index in [4.69, 9.17) is 5.11 Å². The fourth-order valence-corrected chi connectivity index (χ4v) is 1.84. The second kappa shape index (κ2) is 3.20. The number of carboxylic acids is 1. The Hall–Kier alpha value is -1.32. The van der Waals surface area contributed by atoms with Crippen LogP contribution in [0.15, 0.2) is 12.3 Å². The van der Waals surface area contributed by atoms with Crippen molar-refractivity contribution >= 4 is 5.97 Å². The van der Waals surface area contributed by atoms with Crippen molar-refractivity contribution in [2.24, 2.45) is 5.92 Å². The highest BCUT2D eigenvalue weighted by Gasteiger charge is 2.20. The van der Waals surface area contributed by atoms with Gasteiger partial charge in [-0.15, -0.1) is 0 Å². The third kappa shape index (κ3) is 1.71. The number of carbonyl (C=O) groups is 1. The van der Waals surface area contributed by atoms with Crippen molar-refractivity contribution in [3.8, 4) is 0 Å². The summed E-state index contributed by atoms with van der Waals surface area (Å²) in [5, 5.41) is 12.8. The number of nitrogens with zero attached hydrogens (tertiary/aromatic N) is 2. The third-order valence-electron chi connectivity index (χ3n) is 2.51. The van der Waals surface area contributed by atoms with Gasteiger partial charge in [-0.3, -0.25) is 9.48 Å². The van der Waals surface area contributed by atoms with Gasteiger partial charge in [0.2, 0.25) is 0 Å². The van der Waals surface area contributed by atoms with Gasteiger partial charge >= 0.3 is 5.97 Å². The quantitative estimate of drug-likeness (QED) is 0.736. The second-order valence-corrected chi connectivity index (χ2v) is 3.51. The normalized spacial score (nSPS) is 21.1. The number of hydrogen-bond donors (Lipinski definition) is 1. The predicted octanol–water partition coefficient (Wildman–Crippen LogP) is 0.920. The molecule has 1 aliphatic rings. The van der Waals surface area contributed by atoms with E-state index in [2.05, 4.69) is 5.10 Å². The van der Waals surface area contributed by atoms with Gasteiger partial charge in [0.25, 0.3) is 0 Å². The van der Waals surface area contributed by atoms with E-state index in [0.29, 0.717) is 0 Å². The lowest BCUT2D eigenvalue weighted by Crippen LogP contribution is -2.22. The van der Waals surface area contributed by atoms with Crippen LogP contribution < -0.4 is 0 Å². The van der Waals surface area contributed by atoms with Crippen molar-refractivity contribution in [2.45, 2.75) is 25.8 Å². The van der Waals surface area contributed by atoms with E-state index < -0.39 is 5.97 Å². The van der Waals surface area contributed by atoms with Crippen LogP contribution in [0.2, 0.25) is 0 Å². The molecule has 2 heterocycles. The number of rotatable bonds is 2. The van der Waals surface area contributed by atoms with E-state index in [1.165, 1.54) is 5.69 Å². The molecular formula is C9H12N2O2. The topological polar surface area (TPSA) is 55.1 Å². The fraction of sp³-hybridized carbons (Fsp3) is 0.556. The van der Waals surface area contributed by atoms with Gasteiger partial charge in [-0.2, -0.15) is 5.10 Å². The second-order valence-electron chi connectivity index (χ2n) is 3.51. The number of aromatic nitrogens is 2. The Morgan fingerprint density at radius 2 is 2.62 bits per heavy atom. The van der Waals surface area contributed by atoms with E-state index in [0.717, 1.165) is 19.4 Å². The largest absolute Gasteiger partial charge is 0.481 e. The van der Waals surface area contributed by atoms with Crippen LogP contribution in [0.25, 0.3) is 0 Å². The Balaban J connectivity index is 2.04. The SMILES string of the molecule is O=C(O)CC1CCc2ccnn2C1. The molecule has 1 N–H and O–H groups in total. The first-order chi connectivity index (χ1) is 6.25. The molecule has 0 radical (unpaired) electrons. The Kier molecular flexibility index (Phi) is 2.04. The van der Waals surface area contributed by atoms with Crippen LogP contribution in [-0.2, 0) is 17.8 Å². The summed E-state index contributed by atoms with van der Waals surface area (Å²) in [7, 11) is 0. The van der Waals surface area contributed by atoms with Gasteiger partial charge in [0.1, 0.15) is 0 Å². The molecule has 1 aromatic heterocycles. The molecule has 0 amide bonds. The molecule has 0 aromatic carbocycles. The number of hydrogen-bond acceptors (Lipinski definition) is 2. The van der Waals surface area contributed by atoms with Crippen molar-refractivity contribution in [1.82, 2.24) is 9.78 Å². The molecule has 0 saturated carbocycles. The monoisotopic (exact) mass is 180 g/mol. The van der Waals surface area contributed by atoms with Gasteiger partial charge in [-0.25, -0.2) is 0 Å². The molecule has 1 aromatic rings. The van der Waals surface area contributed by atoms with Crippen LogP contribution in [0, 0.1) is 5.92 Å². The summed E-state index contributed by atoms with van der Waals surface area (Å²) < 4.78 is 1.91. The lowest BCUT2D eigenvalue weighted by atomic mass is 9.95. The molecule has 13 heavy (non-hydrogen) atoms. The lowest BCUT2D eigenvalue weighted by Gasteiger charge is -2.21. The summed E-state index contributed by atoms with van der Waals surface area (Å²) in [5.41, 5.74) is 1.22. The maximum Gasteiger partial charge on any atom is 0.303 e. The van der Waals surface area contributed by atoms with E-state index in [-0.39, 0.29) is 12.3 Å². The third-order valence-corrected chi connectivity index (χ3v) is 2.51. The molecule has 2 rings (SSSR count). The summed E-state index contributed by atoms with van der Waals surface area (Å²) in [6.45, 7) is 0.759. The van der Waals surface area contributed by atoms with Crippen LogP contribution in [0.1, 0.15) is 18.5 Å². The van der Waals surface area contributed by atoms with Crippen LogP contribution >= 0.6 is 0 Å². The molecule has 0 aliphatic carbocycles. The zero-order valence-corrected chi connectivity index (χ0v) is 7.31. The molecule has 1 atom stereocenters. The first-order valence-electron chi connectivity index (χ1n) is 4.48. The van der Waals surface area contributed by atoms with Crippen molar-refractivity contribution in [1.29, 1.82) is 0 Å². The van der Waals surface area contributed by atoms with Crippen molar-refractivity contribution in [3.05, 3.63) is 18.0 Å². The first-order valence-corrected chi connectivity index (χ1v) is 4.48. The van der Waals surface area contributed by atoms with Crippen molar-refractivity contribution < 1.29 is 9.90 Å². The van der Waals surface area contributed by atoms with Crippen LogP contribution in [0.4, 0.5) is 0 Å². The highest BCUT2D eigenvalue weighted by Crippen LogP contribution is 2.21. The van der Waals surface area contributed by atoms with Gasteiger partial charge in [0.05, 0.1) is 0 Å². The number of fused-ring (bicyclic) bond motifs is 1. The molecular weight excluding hydrogens is 168 g/mol. The van der Waals surface area contributed by atoms with E-state index in [1.54, 1.807) is 6.20 Å². The lowest BCUT2D eigenvalue weighted by molar-refractivity contribution is -0.138. The van der Waals surface area contributed by atoms with Crippen molar-refractivity contribution in [3.63, 3.8) is 0 Å². The molecule has 0 fully saturated rings. The summed E-state index contributed by atoms with van der Waals surface area (Å²) in [6, 6.07) is 2.00. The Morgan fingerprint density at radius 3 is 3.38 bits per heavy atom. The summed E-state index contributed by atoms with van der Waals surface area (Å²) >= 11 is 0. The molecule has 0 saturated heterocycles. The molecule has 0 spiro atoms. The minimum absolute atomic E-state index is 0.255. The summed E-state index contributed by atoms with van der Waals surface area (Å²) in [6.07, 6.45) is 3.97. The van der Waals surface area contributed by atoms with Crippen LogP contribution in [0.3, 0.4) is 0 Å². The number of aryl methyl sites for hydroxylation is 1. The van der Waals surface area contributed by atoms with Gasteiger partial charge in [-0.1, -0.05) is 0 Å². The van der Waals surface area contributed by atoms with Crippen molar-refractivity contribution in [2.75, 3.05) is 0 Å². The molecule has 1 aliphatic heterocycles. The highest BCUT2D eigenvalue weighted by atomic mass is 16.4. The first kappa shape index (κ1) is 8.29.